The van der Waals surface area contributed by atoms with Crippen LogP contribution in [-0.2, 0) is 19.6 Å². The Kier molecular flexibility index (Phi) is 4.13. The van der Waals surface area contributed by atoms with Crippen molar-refractivity contribution in [1.82, 2.24) is 15.1 Å². The Hall–Kier alpha value is -1.13. The van der Waals surface area contributed by atoms with Crippen LogP contribution in [0, 0.1) is 0 Å². The number of aromatic nitrogens is 2. The third kappa shape index (κ3) is 2.93. The standard InChI is InChI=1S/C12H17N3S/c1-2-6-15-12(3-5-14-15)9-13-8-11-4-7-16-10-11/h3-5,7,10,13H,2,6,8-9H2,1H3. The van der Waals surface area contributed by atoms with Gasteiger partial charge in [-0.05, 0) is 34.9 Å². The maximum atomic E-state index is 4.30. The third-order valence-corrected chi connectivity index (χ3v) is 3.19. The fourth-order valence-electron chi connectivity index (χ4n) is 1.65. The Labute approximate surface area is 100 Å². The van der Waals surface area contributed by atoms with Gasteiger partial charge in [-0.25, -0.2) is 0 Å². The number of nitrogens with one attached hydrogen (secondary N) is 1. The Morgan fingerprint density at radius 1 is 1.38 bits per heavy atom. The first-order valence-electron chi connectivity index (χ1n) is 5.62. The summed E-state index contributed by atoms with van der Waals surface area (Å²) in [6, 6.07) is 4.23. The molecule has 2 rings (SSSR count). The Morgan fingerprint density at radius 3 is 3.06 bits per heavy atom. The average molecular weight is 235 g/mol. The molecule has 16 heavy (non-hydrogen) atoms. The maximum absolute atomic E-state index is 4.30. The van der Waals surface area contributed by atoms with E-state index in [2.05, 4.69) is 44.9 Å². The van der Waals surface area contributed by atoms with Crippen LogP contribution in [0.25, 0.3) is 0 Å². The van der Waals surface area contributed by atoms with E-state index in [4.69, 9.17) is 0 Å². The van der Waals surface area contributed by atoms with Gasteiger partial charge in [0.25, 0.3) is 0 Å². The van der Waals surface area contributed by atoms with Crippen molar-refractivity contribution < 1.29 is 0 Å². The number of nitrogens with zero attached hydrogens (tertiary/aromatic N) is 2. The van der Waals surface area contributed by atoms with Crippen LogP contribution in [0.4, 0.5) is 0 Å². The first-order chi connectivity index (χ1) is 7.90. The largest absolute Gasteiger partial charge is 0.307 e. The van der Waals surface area contributed by atoms with Crippen molar-refractivity contribution in [3.8, 4) is 0 Å². The predicted molar refractivity (Wildman–Crippen MR) is 67.4 cm³/mol. The minimum absolute atomic E-state index is 0.885. The van der Waals surface area contributed by atoms with Crippen molar-refractivity contribution >= 4 is 11.3 Å². The summed E-state index contributed by atoms with van der Waals surface area (Å²) in [5.74, 6) is 0. The molecule has 0 amide bonds. The van der Waals surface area contributed by atoms with Gasteiger partial charge in [-0.3, -0.25) is 4.68 Å². The molecule has 0 aliphatic carbocycles. The van der Waals surface area contributed by atoms with E-state index in [1.165, 1.54) is 11.3 Å². The summed E-state index contributed by atoms with van der Waals surface area (Å²) in [5.41, 5.74) is 2.61. The molecule has 2 aromatic heterocycles. The molecular formula is C12H17N3S. The molecule has 0 aromatic carbocycles. The number of rotatable bonds is 6. The molecule has 0 atom stereocenters. The van der Waals surface area contributed by atoms with Gasteiger partial charge in [-0.2, -0.15) is 16.4 Å². The Morgan fingerprint density at radius 2 is 2.31 bits per heavy atom. The second kappa shape index (κ2) is 5.82. The summed E-state index contributed by atoms with van der Waals surface area (Å²) in [6.07, 6.45) is 3.00. The van der Waals surface area contributed by atoms with E-state index in [0.717, 1.165) is 26.1 Å². The third-order valence-electron chi connectivity index (χ3n) is 2.46. The zero-order chi connectivity index (χ0) is 11.2. The zero-order valence-corrected chi connectivity index (χ0v) is 10.3. The summed E-state index contributed by atoms with van der Waals surface area (Å²) in [4.78, 5) is 0. The Bertz CT molecular complexity index is 406. The van der Waals surface area contributed by atoms with Crippen molar-refractivity contribution in [2.24, 2.45) is 0 Å². The molecular weight excluding hydrogens is 218 g/mol. The molecule has 0 aliphatic rings. The molecule has 3 nitrogen and oxygen atoms in total. The van der Waals surface area contributed by atoms with Crippen LogP contribution in [0.1, 0.15) is 24.6 Å². The van der Waals surface area contributed by atoms with Gasteiger partial charge < -0.3 is 5.32 Å². The highest BCUT2D eigenvalue weighted by Gasteiger charge is 2.00. The summed E-state index contributed by atoms with van der Waals surface area (Å²) >= 11 is 1.74. The summed E-state index contributed by atoms with van der Waals surface area (Å²) in [7, 11) is 0. The van der Waals surface area contributed by atoms with Crippen molar-refractivity contribution in [1.29, 1.82) is 0 Å². The van der Waals surface area contributed by atoms with Crippen LogP contribution in [0.15, 0.2) is 29.1 Å². The van der Waals surface area contributed by atoms with Crippen molar-refractivity contribution in [3.05, 3.63) is 40.3 Å². The number of hydrogen-bond acceptors (Lipinski definition) is 3. The van der Waals surface area contributed by atoms with E-state index in [1.807, 2.05) is 6.20 Å². The normalized spacial score (nSPS) is 10.8. The molecule has 0 saturated heterocycles. The highest BCUT2D eigenvalue weighted by Crippen LogP contribution is 2.06. The van der Waals surface area contributed by atoms with E-state index in [9.17, 15) is 0 Å². The molecule has 2 heterocycles. The van der Waals surface area contributed by atoms with Crippen LogP contribution in [0.2, 0.25) is 0 Å². The molecule has 0 spiro atoms. The second-order valence-corrected chi connectivity index (χ2v) is 4.56. The van der Waals surface area contributed by atoms with Crippen LogP contribution in [-0.4, -0.2) is 9.78 Å². The highest BCUT2D eigenvalue weighted by molar-refractivity contribution is 7.07. The van der Waals surface area contributed by atoms with Crippen LogP contribution in [0.3, 0.4) is 0 Å². The lowest BCUT2D eigenvalue weighted by molar-refractivity contribution is 0.549. The summed E-state index contributed by atoms with van der Waals surface area (Å²) in [5, 5.41) is 12.0. The SMILES string of the molecule is CCCn1nccc1CNCc1ccsc1. The van der Waals surface area contributed by atoms with Gasteiger partial charge in [0.05, 0.1) is 5.69 Å². The fourth-order valence-corrected chi connectivity index (χ4v) is 2.32. The second-order valence-electron chi connectivity index (χ2n) is 3.78. The van der Waals surface area contributed by atoms with Crippen LogP contribution in [0.5, 0.6) is 0 Å². The molecule has 0 fully saturated rings. The molecule has 4 heteroatoms. The van der Waals surface area contributed by atoms with Crippen LogP contribution < -0.4 is 5.32 Å². The number of thiophene rings is 1. The van der Waals surface area contributed by atoms with E-state index >= 15 is 0 Å². The van der Waals surface area contributed by atoms with Crippen LogP contribution >= 0.6 is 11.3 Å². The minimum atomic E-state index is 0.885. The number of hydrogen-bond donors (Lipinski definition) is 1. The van der Waals surface area contributed by atoms with Gasteiger partial charge in [0.15, 0.2) is 0 Å². The van der Waals surface area contributed by atoms with Gasteiger partial charge in [-0.15, -0.1) is 0 Å². The van der Waals surface area contributed by atoms with E-state index in [0.29, 0.717) is 0 Å². The first kappa shape index (κ1) is 11.4. The average Bonchev–Trinajstić information content (AvgIpc) is 2.91. The minimum Gasteiger partial charge on any atom is -0.307 e. The highest BCUT2D eigenvalue weighted by atomic mass is 32.1. The first-order valence-corrected chi connectivity index (χ1v) is 6.57. The topological polar surface area (TPSA) is 29.9 Å². The smallest absolute Gasteiger partial charge is 0.0522 e. The molecule has 0 saturated carbocycles. The zero-order valence-electron chi connectivity index (χ0n) is 9.52. The van der Waals surface area contributed by atoms with Gasteiger partial charge in [0.2, 0.25) is 0 Å². The van der Waals surface area contributed by atoms with Gasteiger partial charge in [0.1, 0.15) is 0 Å². The molecule has 0 aliphatic heterocycles. The van der Waals surface area contributed by atoms with Gasteiger partial charge >= 0.3 is 0 Å². The fraction of sp³-hybridized carbons (Fsp3) is 0.417. The lowest BCUT2D eigenvalue weighted by atomic mass is 10.3. The molecule has 0 bridgehead atoms. The van der Waals surface area contributed by atoms with Crippen molar-refractivity contribution in [2.75, 3.05) is 0 Å². The van der Waals surface area contributed by atoms with Crippen molar-refractivity contribution in [2.45, 2.75) is 33.0 Å². The summed E-state index contributed by atoms with van der Waals surface area (Å²) in [6.45, 7) is 4.99. The predicted octanol–water partition coefficient (Wildman–Crippen LogP) is 2.64. The van der Waals surface area contributed by atoms with E-state index in [-0.39, 0.29) is 0 Å². The van der Waals surface area contributed by atoms with Crippen molar-refractivity contribution in [3.63, 3.8) is 0 Å². The summed E-state index contributed by atoms with van der Waals surface area (Å²) < 4.78 is 2.07. The quantitative estimate of drug-likeness (QED) is 0.834. The Balaban J connectivity index is 1.82. The number of aryl methyl sites for hydroxylation is 1. The molecule has 1 N–H and O–H groups in total. The monoisotopic (exact) mass is 235 g/mol. The lowest BCUT2D eigenvalue weighted by Crippen LogP contribution is -2.16. The van der Waals surface area contributed by atoms with Gasteiger partial charge in [0, 0.05) is 25.8 Å². The maximum Gasteiger partial charge on any atom is 0.0522 e. The molecule has 86 valence electrons. The molecule has 0 unspecified atom stereocenters. The molecule has 2 aromatic rings. The van der Waals surface area contributed by atoms with E-state index in [1.54, 1.807) is 11.3 Å². The molecule has 0 radical (unpaired) electrons. The van der Waals surface area contributed by atoms with Gasteiger partial charge in [-0.1, -0.05) is 6.92 Å². The lowest BCUT2D eigenvalue weighted by Gasteiger charge is -2.06. The van der Waals surface area contributed by atoms with E-state index < -0.39 is 0 Å².